The molecule has 0 aromatic carbocycles. The van der Waals surface area contributed by atoms with E-state index < -0.39 is 0 Å². The number of nitrogens with one attached hydrogen (secondary N) is 1. The van der Waals surface area contributed by atoms with Crippen LogP contribution in [0.2, 0.25) is 0 Å². The standard InChI is InChI=1S/C14H27N5.HI/c1-12(2)6-4-7-13(3)18-14(15)16-9-11-19-10-5-8-17-19;/h5,8,10,12-13H,4,6-7,9,11H2,1-3H3,(H3,15,16,18);1H. The second kappa shape index (κ2) is 10.9. The molecule has 116 valence electrons. The molecule has 6 heteroatoms. The van der Waals surface area contributed by atoms with Crippen LogP contribution in [0.1, 0.15) is 40.0 Å². The molecule has 0 aliphatic carbocycles. The molecule has 3 N–H and O–H groups in total. The number of nitrogens with zero attached hydrogens (tertiary/aromatic N) is 3. The third-order valence-electron chi connectivity index (χ3n) is 2.98. The maximum Gasteiger partial charge on any atom is 0.188 e. The second-order valence-corrected chi connectivity index (χ2v) is 5.41. The maximum absolute atomic E-state index is 5.85. The van der Waals surface area contributed by atoms with Crippen LogP contribution in [0.25, 0.3) is 0 Å². The van der Waals surface area contributed by atoms with Gasteiger partial charge in [-0.1, -0.05) is 26.7 Å². The molecule has 0 aliphatic heterocycles. The summed E-state index contributed by atoms with van der Waals surface area (Å²) >= 11 is 0. The van der Waals surface area contributed by atoms with Gasteiger partial charge in [0.15, 0.2) is 5.96 Å². The SMILES string of the molecule is CC(C)CCCC(C)NC(N)=NCCn1cccn1.I. The van der Waals surface area contributed by atoms with E-state index in [1.165, 1.54) is 12.8 Å². The van der Waals surface area contributed by atoms with Crippen LogP contribution in [0.3, 0.4) is 0 Å². The van der Waals surface area contributed by atoms with Crippen LogP contribution in [0, 0.1) is 5.92 Å². The second-order valence-electron chi connectivity index (χ2n) is 5.41. The lowest BCUT2D eigenvalue weighted by Crippen LogP contribution is -2.38. The van der Waals surface area contributed by atoms with Gasteiger partial charge in [0.1, 0.15) is 0 Å². The van der Waals surface area contributed by atoms with E-state index in [4.69, 9.17) is 5.73 Å². The summed E-state index contributed by atoms with van der Waals surface area (Å²) in [5, 5.41) is 7.35. The van der Waals surface area contributed by atoms with Crippen molar-refractivity contribution >= 4 is 29.9 Å². The van der Waals surface area contributed by atoms with Crippen molar-refractivity contribution in [3.05, 3.63) is 18.5 Å². The fourth-order valence-corrected chi connectivity index (χ4v) is 1.91. The summed E-state index contributed by atoms with van der Waals surface area (Å²) in [5.74, 6) is 1.30. The Morgan fingerprint density at radius 3 is 2.70 bits per heavy atom. The molecule has 1 unspecified atom stereocenters. The first-order chi connectivity index (χ1) is 9.08. The summed E-state index contributed by atoms with van der Waals surface area (Å²) < 4.78 is 1.85. The highest BCUT2D eigenvalue weighted by Gasteiger charge is 2.03. The predicted octanol–water partition coefficient (Wildman–Crippen LogP) is 2.62. The Morgan fingerprint density at radius 1 is 1.35 bits per heavy atom. The van der Waals surface area contributed by atoms with Crippen LogP contribution >= 0.6 is 24.0 Å². The Balaban J connectivity index is 0.00000361. The maximum atomic E-state index is 5.85. The summed E-state index contributed by atoms with van der Waals surface area (Å²) in [4.78, 5) is 4.30. The molecule has 1 aromatic rings. The van der Waals surface area contributed by atoms with E-state index in [0.29, 0.717) is 18.5 Å². The Bertz CT molecular complexity index is 362. The zero-order valence-corrected chi connectivity index (χ0v) is 15.1. The molecule has 1 heterocycles. The van der Waals surface area contributed by atoms with E-state index in [2.05, 4.69) is 36.2 Å². The molecule has 0 fully saturated rings. The minimum Gasteiger partial charge on any atom is -0.370 e. The predicted molar refractivity (Wildman–Crippen MR) is 95.4 cm³/mol. The highest BCUT2D eigenvalue weighted by Crippen LogP contribution is 2.07. The number of aromatic nitrogens is 2. The highest BCUT2D eigenvalue weighted by atomic mass is 127. The summed E-state index contributed by atoms with van der Waals surface area (Å²) in [7, 11) is 0. The van der Waals surface area contributed by atoms with Crippen LogP contribution in [0.5, 0.6) is 0 Å². The summed E-state index contributed by atoms with van der Waals surface area (Å²) in [6.45, 7) is 8.07. The van der Waals surface area contributed by atoms with Crippen molar-refractivity contribution in [3.63, 3.8) is 0 Å². The normalized spacial score (nSPS) is 13.1. The number of nitrogens with two attached hydrogens (primary N) is 1. The number of hydrogen-bond donors (Lipinski definition) is 2. The number of guanidine groups is 1. The fourth-order valence-electron chi connectivity index (χ4n) is 1.91. The minimum absolute atomic E-state index is 0. The summed E-state index contributed by atoms with van der Waals surface area (Å²) in [5.41, 5.74) is 5.85. The molecular weight excluding hydrogens is 365 g/mol. The monoisotopic (exact) mass is 393 g/mol. The van der Waals surface area contributed by atoms with E-state index in [9.17, 15) is 0 Å². The molecule has 1 atom stereocenters. The first-order valence-electron chi connectivity index (χ1n) is 7.12. The smallest absolute Gasteiger partial charge is 0.188 e. The lowest BCUT2D eigenvalue weighted by Gasteiger charge is -2.15. The van der Waals surface area contributed by atoms with Gasteiger partial charge in [0.25, 0.3) is 0 Å². The van der Waals surface area contributed by atoms with E-state index in [0.717, 1.165) is 18.9 Å². The third-order valence-corrected chi connectivity index (χ3v) is 2.98. The van der Waals surface area contributed by atoms with E-state index in [-0.39, 0.29) is 24.0 Å². The van der Waals surface area contributed by atoms with Gasteiger partial charge in [0.05, 0.1) is 13.1 Å². The average Bonchev–Trinajstić information content (AvgIpc) is 2.81. The molecule has 0 amide bonds. The topological polar surface area (TPSA) is 68.2 Å². The van der Waals surface area contributed by atoms with Crippen molar-refractivity contribution in [2.45, 2.75) is 52.6 Å². The molecule has 0 aliphatic rings. The van der Waals surface area contributed by atoms with Gasteiger partial charge in [-0.2, -0.15) is 5.10 Å². The first-order valence-corrected chi connectivity index (χ1v) is 7.12. The number of rotatable bonds is 8. The lowest BCUT2D eigenvalue weighted by atomic mass is 10.0. The van der Waals surface area contributed by atoms with Gasteiger partial charge >= 0.3 is 0 Å². The van der Waals surface area contributed by atoms with Gasteiger partial charge in [-0.25, -0.2) is 0 Å². The van der Waals surface area contributed by atoms with Crippen molar-refractivity contribution in [1.82, 2.24) is 15.1 Å². The van der Waals surface area contributed by atoms with Gasteiger partial charge in [0, 0.05) is 18.4 Å². The van der Waals surface area contributed by atoms with Crippen molar-refractivity contribution < 1.29 is 0 Å². The molecule has 0 spiro atoms. The van der Waals surface area contributed by atoms with E-state index >= 15 is 0 Å². The van der Waals surface area contributed by atoms with Crippen molar-refractivity contribution in [1.29, 1.82) is 0 Å². The van der Waals surface area contributed by atoms with Gasteiger partial charge in [-0.3, -0.25) is 9.67 Å². The Hall–Kier alpha value is -0.790. The Kier molecular flexibility index (Phi) is 10.5. The molecule has 1 rings (SSSR count). The lowest BCUT2D eigenvalue weighted by molar-refractivity contribution is 0.493. The minimum atomic E-state index is 0. The van der Waals surface area contributed by atoms with Crippen molar-refractivity contribution in [2.24, 2.45) is 16.6 Å². The Labute approximate surface area is 139 Å². The average molecular weight is 393 g/mol. The van der Waals surface area contributed by atoms with Gasteiger partial charge in [0.2, 0.25) is 0 Å². The number of aliphatic imine (C=N–C) groups is 1. The van der Waals surface area contributed by atoms with Crippen LogP contribution in [0.15, 0.2) is 23.5 Å². The number of halogens is 1. The molecule has 1 aromatic heterocycles. The number of hydrogen-bond acceptors (Lipinski definition) is 2. The quantitative estimate of drug-likeness (QED) is 0.405. The molecule has 0 saturated carbocycles. The van der Waals surface area contributed by atoms with Crippen LogP contribution in [-0.4, -0.2) is 28.3 Å². The van der Waals surface area contributed by atoms with E-state index in [1.807, 2.05) is 16.9 Å². The van der Waals surface area contributed by atoms with Crippen LogP contribution in [-0.2, 0) is 6.54 Å². The molecule has 0 radical (unpaired) electrons. The molecular formula is C14H28IN5. The van der Waals surface area contributed by atoms with Gasteiger partial charge in [-0.15, -0.1) is 24.0 Å². The fraction of sp³-hybridized carbons (Fsp3) is 0.714. The summed E-state index contributed by atoms with van der Waals surface area (Å²) in [6, 6.07) is 2.29. The zero-order chi connectivity index (χ0) is 14.1. The van der Waals surface area contributed by atoms with Crippen LogP contribution < -0.4 is 11.1 Å². The van der Waals surface area contributed by atoms with Crippen LogP contribution in [0.4, 0.5) is 0 Å². The van der Waals surface area contributed by atoms with Crippen molar-refractivity contribution in [2.75, 3.05) is 6.54 Å². The third kappa shape index (κ3) is 9.17. The van der Waals surface area contributed by atoms with Crippen molar-refractivity contribution in [3.8, 4) is 0 Å². The first kappa shape index (κ1) is 19.2. The largest absolute Gasteiger partial charge is 0.370 e. The van der Waals surface area contributed by atoms with Gasteiger partial charge < -0.3 is 11.1 Å². The zero-order valence-electron chi connectivity index (χ0n) is 12.7. The van der Waals surface area contributed by atoms with E-state index in [1.54, 1.807) is 6.20 Å². The molecule has 0 bridgehead atoms. The Morgan fingerprint density at radius 2 is 2.10 bits per heavy atom. The molecule has 5 nitrogen and oxygen atoms in total. The highest BCUT2D eigenvalue weighted by molar-refractivity contribution is 14.0. The molecule has 20 heavy (non-hydrogen) atoms. The molecule has 0 saturated heterocycles. The van der Waals surface area contributed by atoms with Gasteiger partial charge in [-0.05, 0) is 25.3 Å². The summed E-state index contributed by atoms with van der Waals surface area (Å²) in [6.07, 6.45) is 7.32.